The van der Waals surface area contributed by atoms with Crippen molar-refractivity contribution in [3.05, 3.63) is 103 Å². The van der Waals surface area contributed by atoms with Gasteiger partial charge in [-0.1, -0.05) is 86.0 Å². The highest BCUT2D eigenvalue weighted by atomic mass is 14.0. The molecule has 20 heavy (non-hydrogen) atoms. The summed E-state index contributed by atoms with van der Waals surface area (Å²) < 4.78 is 0. The zero-order valence-corrected chi connectivity index (χ0v) is 12.3. The van der Waals surface area contributed by atoms with E-state index in [1.165, 1.54) is 5.57 Å². The van der Waals surface area contributed by atoms with Gasteiger partial charge in [-0.25, -0.2) is 0 Å². The van der Waals surface area contributed by atoms with E-state index in [2.05, 4.69) is 44.4 Å². The smallest absolute Gasteiger partial charge is 0.0190 e. The third kappa shape index (κ3) is 5.11. The zero-order valence-electron chi connectivity index (χ0n) is 12.3. The van der Waals surface area contributed by atoms with E-state index in [1.54, 1.807) is 6.08 Å². The number of benzene rings is 1. The van der Waals surface area contributed by atoms with Crippen molar-refractivity contribution in [3.8, 4) is 0 Å². The molecule has 0 atom stereocenters. The molecule has 0 aliphatic rings. The fourth-order valence-electron chi connectivity index (χ4n) is 1.78. The quantitative estimate of drug-likeness (QED) is 0.561. The van der Waals surface area contributed by atoms with Crippen LogP contribution in [-0.2, 0) is 0 Å². The van der Waals surface area contributed by atoms with Crippen molar-refractivity contribution in [1.29, 1.82) is 0 Å². The van der Waals surface area contributed by atoms with E-state index < -0.39 is 0 Å². The van der Waals surface area contributed by atoms with Gasteiger partial charge in [-0.2, -0.15) is 0 Å². The molecule has 0 aliphatic heterocycles. The Labute approximate surface area is 122 Å². The lowest BCUT2D eigenvalue weighted by molar-refractivity contribution is 1.42. The maximum Gasteiger partial charge on any atom is -0.0190 e. The molecule has 0 radical (unpaired) electrons. The van der Waals surface area contributed by atoms with Gasteiger partial charge in [0.25, 0.3) is 0 Å². The molecule has 0 spiro atoms. The van der Waals surface area contributed by atoms with Crippen LogP contribution in [0.25, 0.3) is 5.57 Å². The number of hydrogen-bond donors (Lipinski definition) is 0. The molecule has 1 rings (SSSR count). The Kier molecular flexibility index (Phi) is 6.84. The standard InChI is InChI=1S/C20H22/c1-5-11-19(12-6-2)17(3)13-10-14-18(4)20-15-8-7-9-16-20/h5-16H,1,4H2,2-3H3/b12-6-,14-10-,17-13+,19-11+. The molecule has 0 nitrogen and oxygen atoms in total. The molecule has 0 heteroatoms. The van der Waals surface area contributed by atoms with Gasteiger partial charge in [0, 0.05) is 0 Å². The molecule has 0 bridgehead atoms. The summed E-state index contributed by atoms with van der Waals surface area (Å²) in [7, 11) is 0. The minimum Gasteiger partial charge on any atom is -0.0990 e. The van der Waals surface area contributed by atoms with Gasteiger partial charge in [-0.05, 0) is 36.1 Å². The third-order valence-electron chi connectivity index (χ3n) is 2.89. The second kappa shape index (κ2) is 8.71. The van der Waals surface area contributed by atoms with Crippen LogP contribution < -0.4 is 0 Å². The highest BCUT2D eigenvalue weighted by molar-refractivity contribution is 5.72. The van der Waals surface area contributed by atoms with Crippen LogP contribution in [0.15, 0.2) is 97.2 Å². The molecule has 0 amide bonds. The first-order chi connectivity index (χ1) is 9.69. The predicted octanol–water partition coefficient (Wildman–Crippen LogP) is 5.89. The van der Waals surface area contributed by atoms with Gasteiger partial charge in [0.05, 0.1) is 0 Å². The first kappa shape index (κ1) is 15.7. The van der Waals surface area contributed by atoms with E-state index in [4.69, 9.17) is 0 Å². The van der Waals surface area contributed by atoms with Crippen LogP contribution in [0.5, 0.6) is 0 Å². The van der Waals surface area contributed by atoms with Gasteiger partial charge in [-0.15, -0.1) is 0 Å². The van der Waals surface area contributed by atoms with E-state index in [1.807, 2.05) is 49.4 Å². The first-order valence-electron chi connectivity index (χ1n) is 6.74. The fourth-order valence-corrected chi connectivity index (χ4v) is 1.78. The molecule has 0 N–H and O–H groups in total. The Hall–Kier alpha value is -2.34. The number of allylic oxidation sites excluding steroid dienone is 10. The highest BCUT2D eigenvalue weighted by Crippen LogP contribution is 2.15. The van der Waals surface area contributed by atoms with Crippen molar-refractivity contribution in [1.82, 2.24) is 0 Å². The summed E-state index contributed by atoms with van der Waals surface area (Å²) >= 11 is 0. The highest BCUT2D eigenvalue weighted by Gasteiger charge is 1.94. The molecule has 0 aromatic heterocycles. The molecule has 1 aromatic carbocycles. The Morgan fingerprint density at radius 3 is 2.35 bits per heavy atom. The molecule has 102 valence electrons. The number of hydrogen-bond acceptors (Lipinski definition) is 0. The van der Waals surface area contributed by atoms with Gasteiger partial charge in [0.15, 0.2) is 0 Å². The van der Waals surface area contributed by atoms with Crippen LogP contribution in [0.2, 0.25) is 0 Å². The summed E-state index contributed by atoms with van der Waals surface area (Å²) in [5, 5.41) is 0. The molecule has 1 aromatic rings. The van der Waals surface area contributed by atoms with Gasteiger partial charge >= 0.3 is 0 Å². The SMILES string of the molecule is C=C/C=C(\C=C/C)C(/C)=C/C=C\C(=C)c1ccccc1. The predicted molar refractivity (Wildman–Crippen MR) is 91.5 cm³/mol. The van der Waals surface area contributed by atoms with Crippen molar-refractivity contribution in [2.45, 2.75) is 13.8 Å². The Morgan fingerprint density at radius 1 is 1.05 bits per heavy atom. The fraction of sp³-hybridized carbons (Fsp3) is 0.100. The first-order valence-corrected chi connectivity index (χ1v) is 6.74. The maximum atomic E-state index is 4.08. The van der Waals surface area contributed by atoms with Crippen LogP contribution in [0.1, 0.15) is 19.4 Å². The van der Waals surface area contributed by atoms with Gasteiger partial charge in [0.1, 0.15) is 0 Å². The lowest BCUT2D eigenvalue weighted by atomic mass is 10.0. The van der Waals surface area contributed by atoms with E-state index in [-0.39, 0.29) is 0 Å². The van der Waals surface area contributed by atoms with Crippen molar-refractivity contribution >= 4 is 5.57 Å². The number of rotatable bonds is 6. The lowest BCUT2D eigenvalue weighted by Gasteiger charge is -2.01. The summed E-state index contributed by atoms with van der Waals surface area (Å²) in [6, 6.07) is 10.2. The second-order valence-electron chi connectivity index (χ2n) is 4.46. The molecular weight excluding hydrogens is 240 g/mol. The lowest BCUT2D eigenvalue weighted by Crippen LogP contribution is -1.80. The van der Waals surface area contributed by atoms with Crippen molar-refractivity contribution in [3.63, 3.8) is 0 Å². The minimum absolute atomic E-state index is 1.01. The summed E-state index contributed by atoms with van der Waals surface area (Å²) in [4.78, 5) is 0. The molecular formula is C20H22. The molecule has 0 saturated carbocycles. The average molecular weight is 262 g/mol. The van der Waals surface area contributed by atoms with E-state index in [0.29, 0.717) is 0 Å². The Bertz CT molecular complexity index is 563. The second-order valence-corrected chi connectivity index (χ2v) is 4.46. The van der Waals surface area contributed by atoms with E-state index >= 15 is 0 Å². The molecule has 0 saturated heterocycles. The normalized spacial score (nSPS) is 13.1. The Morgan fingerprint density at radius 2 is 1.75 bits per heavy atom. The molecule has 0 heterocycles. The Balaban J connectivity index is 2.80. The van der Waals surface area contributed by atoms with E-state index in [0.717, 1.165) is 16.7 Å². The molecule has 0 unspecified atom stereocenters. The summed E-state index contributed by atoms with van der Waals surface area (Å²) in [5.41, 5.74) is 4.51. The maximum absolute atomic E-state index is 4.08. The zero-order chi connectivity index (χ0) is 14.8. The van der Waals surface area contributed by atoms with Gasteiger partial charge in [-0.3, -0.25) is 0 Å². The summed E-state index contributed by atoms with van der Waals surface area (Å²) in [6.45, 7) is 11.9. The van der Waals surface area contributed by atoms with Crippen molar-refractivity contribution in [2.24, 2.45) is 0 Å². The minimum atomic E-state index is 1.01. The topological polar surface area (TPSA) is 0 Å². The molecule has 0 aliphatic carbocycles. The van der Waals surface area contributed by atoms with E-state index in [9.17, 15) is 0 Å². The molecule has 0 fully saturated rings. The van der Waals surface area contributed by atoms with Crippen LogP contribution in [0.3, 0.4) is 0 Å². The third-order valence-corrected chi connectivity index (χ3v) is 2.89. The largest absolute Gasteiger partial charge is 0.0990 e. The monoisotopic (exact) mass is 262 g/mol. The van der Waals surface area contributed by atoms with Crippen molar-refractivity contribution < 1.29 is 0 Å². The van der Waals surface area contributed by atoms with Crippen LogP contribution in [0, 0.1) is 0 Å². The van der Waals surface area contributed by atoms with Crippen LogP contribution in [-0.4, -0.2) is 0 Å². The summed E-state index contributed by atoms with van der Waals surface area (Å²) in [5.74, 6) is 0. The average Bonchev–Trinajstić information content (AvgIpc) is 2.47. The van der Waals surface area contributed by atoms with Crippen molar-refractivity contribution in [2.75, 3.05) is 0 Å². The van der Waals surface area contributed by atoms with Gasteiger partial charge in [0.2, 0.25) is 0 Å². The van der Waals surface area contributed by atoms with Crippen LogP contribution >= 0.6 is 0 Å². The van der Waals surface area contributed by atoms with Gasteiger partial charge < -0.3 is 0 Å². The van der Waals surface area contributed by atoms with Crippen LogP contribution in [0.4, 0.5) is 0 Å². The summed E-state index contributed by atoms with van der Waals surface area (Å²) in [6.07, 6.45) is 14.1.